The maximum absolute atomic E-state index is 10.7. The van der Waals surface area contributed by atoms with Crippen molar-refractivity contribution in [3.63, 3.8) is 0 Å². The van der Waals surface area contributed by atoms with E-state index in [9.17, 15) is 15.0 Å². The summed E-state index contributed by atoms with van der Waals surface area (Å²) in [5, 5.41) is 28.3. The molecule has 0 saturated carbocycles. The van der Waals surface area contributed by atoms with Crippen LogP contribution in [-0.2, 0) is 4.79 Å². The Hall–Kier alpha value is -1.11. The molecule has 0 bridgehead atoms. The van der Waals surface area contributed by atoms with Crippen molar-refractivity contribution < 1.29 is 20.1 Å². The first-order valence-electron chi connectivity index (χ1n) is 4.64. The Kier molecular flexibility index (Phi) is 4.72. The predicted molar refractivity (Wildman–Crippen MR) is 60.0 cm³/mol. The summed E-state index contributed by atoms with van der Waals surface area (Å²) in [5.41, 5.74) is 0.316. The molecule has 0 radical (unpaired) electrons. The smallest absolute Gasteiger partial charge is 0.185 e. The minimum Gasteiger partial charge on any atom is -0.506 e. The number of pyridine rings is 1. The zero-order chi connectivity index (χ0) is 12.1. The van der Waals surface area contributed by atoms with E-state index in [1.54, 1.807) is 0 Å². The topological polar surface area (TPSA) is 90.7 Å². The van der Waals surface area contributed by atoms with Gasteiger partial charge in [0.2, 0.25) is 0 Å². The van der Waals surface area contributed by atoms with Crippen molar-refractivity contribution in [2.75, 3.05) is 5.75 Å². The molecule has 2 atom stereocenters. The Labute approximate surface area is 97.1 Å². The van der Waals surface area contributed by atoms with Crippen LogP contribution in [0, 0.1) is 0 Å². The van der Waals surface area contributed by atoms with Gasteiger partial charge in [-0.1, -0.05) is 11.8 Å². The van der Waals surface area contributed by atoms with Crippen LogP contribution >= 0.6 is 11.8 Å². The molecule has 88 valence electrons. The molecule has 0 spiro atoms. The summed E-state index contributed by atoms with van der Waals surface area (Å²) in [5.74, 6) is 0.0227. The van der Waals surface area contributed by atoms with Crippen LogP contribution in [-0.4, -0.2) is 37.3 Å². The molecule has 1 aromatic heterocycles. The van der Waals surface area contributed by atoms with Crippen molar-refractivity contribution in [3.8, 4) is 5.75 Å². The number of hydrogen-bond acceptors (Lipinski definition) is 6. The van der Waals surface area contributed by atoms with Gasteiger partial charge in [-0.15, -0.1) is 0 Å². The molecule has 1 heterocycles. The molecule has 0 aliphatic rings. The molecule has 5 nitrogen and oxygen atoms in total. The molecule has 0 aliphatic carbocycles. The number of carbonyl (C=O) groups is 1. The third-order valence-electron chi connectivity index (χ3n) is 1.91. The van der Waals surface area contributed by atoms with Gasteiger partial charge in [-0.05, 0) is 6.07 Å². The molecular weight excluding hydrogens is 230 g/mol. The summed E-state index contributed by atoms with van der Waals surface area (Å²) < 4.78 is 0. The minimum absolute atomic E-state index is 0.0806. The summed E-state index contributed by atoms with van der Waals surface area (Å²) >= 11 is 0.935. The number of rotatable bonds is 4. The second-order valence-corrected chi connectivity index (χ2v) is 4.49. The molecule has 0 aromatic carbocycles. The molecule has 3 N–H and O–H groups in total. The van der Waals surface area contributed by atoms with Crippen LogP contribution in [0.4, 0.5) is 0 Å². The summed E-state index contributed by atoms with van der Waals surface area (Å²) in [6.07, 6.45) is 0.350. The number of aromatic nitrogens is 1. The van der Waals surface area contributed by atoms with Gasteiger partial charge in [-0.25, -0.2) is 0 Å². The van der Waals surface area contributed by atoms with Gasteiger partial charge in [0.1, 0.15) is 11.9 Å². The van der Waals surface area contributed by atoms with Crippen LogP contribution in [0.25, 0.3) is 0 Å². The number of thioether (sulfide) groups is 1. The number of carbonyl (C=O) groups excluding carboxylic acids is 1. The monoisotopic (exact) mass is 243 g/mol. The van der Waals surface area contributed by atoms with E-state index in [0.29, 0.717) is 5.56 Å². The van der Waals surface area contributed by atoms with Crippen molar-refractivity contribution in [1.82, 2.24) is 4.98 Å². The molecular formula is C10H13NO4S. The number of aromatic hydroxyl groups is 1. The lowest BCUT2D eigenvalue weighted by Gasteiger charge is -2.16. The maximum Gasteiger partial charge on any atom is 0.185 e. The standard InChI is InChI=1S/C10H13NO4S/c1-6(12)16-5-9(14)10(15)7-2-8(13)4-11-3-7/h2-4,9-10,13-15H,5H2,1H3. The van der Waals surface area contributed by atoms with E-state index in [2.05, 4.69) is 4.98 Å². The minimum atomic E-state index is -1.16. The van der Waals surface area contributed by atoms with Crippen molar-refractivity contribution in [1.29, 1.82) is 0 Å². The van der Waals surface area contributed by atoms with Crippen LogP contribution in [0.2, 0.25) is 0 Å². The second-order valence-electron chi connectivity index (χ2n) is 3.29. The van der Waals surface area contributed by atoms with Gasteiger partial charge in [0, 0.05) is 24.4 Å². The van der Waals surface area contributed by atoms with E-state index in [0.717, 1.165) is 11.8 Å². The Morgan fingerprint density at radius 1 is 1.50 bits per heavy atom. The molecule has 6 heteroatoms. The largest absolute Gasteiger partial charge is 0.506 e. The summed E-state index contributed by atoms with van der Waals surface area (Å²) in [7, 11) is 0. The fourth-order valence-corrected chi connectivity index (χ4v) is 1.71. The van der Waals surface area contributed by atoms with Crippen LogP contribution in [0.3, 0.4) is 0 Å². The lowest BCUT2D eigenvalue weighted by Crippen LogP contribution is -2.21. The van der Waals surface area contributed by atoms with E-state index in [1.165, 1.54) is 25.4 Å². The molecule has 0 saturated heterocycles. The van der Waals surface area contributed by atoms with Crippen LogP contribution in [0.1, 0.15) is 18.6 Å². The summed E-state index contributed by atoms with van der Waals surface area (Å²) in [4.78, 5) is 14.4. The second kappa shape index (κ2) is 5.83. The third kappa shape index (κ3) is 3.80. The molecule has 0 aliphatic heterocycles. The number of hydrogen-bond donors (Lipinski definition) is 3. The number of aliphatic hydroxyl groups is 2. The number of nitrogens with zero attached hydrogens (tertiary/aromatic N) is 1. The van der Waals surface area contributed by atoms with Gasteiger partial charge in [-0.2, -0.15) is 0 Å². The molecule has 16 heavy (non-hydrogen) atoms. The first-order valence-corrected chi connectivity index (χ1v) is 5.62. The summed E-state index contributed by atoms with van der Waals surface area (Å²) in [6, 6.07) is 1.32. The van der Waals surface area contributed by atoms with E-state index >= 15 is 0 Å². The first kappa shape index (κ1) is 13.0. The van der Waals surface area contributed by atoms with Crippen molar-refractivity contribution in [2.24, 2.45) is 0 Å². The Morgan fingerprint density at radius 2 is 2.19 bits per heavy atom. The zero-order valence-electron chi connectivity index (χ0n) is 8.70. The van der Waals surface area contributed by atoms with Crippen LogP contribution < -0.4 is 0 Å². The summed E-state index contributed by atoms with van der Waals surface area (Å²) in [6.45, 7) is 1.39. The number of aliphatic hydroxyl groups excluding tert-OH is 2. The fraction of sp³-hybridized carbons (Fsp3) is 0.400. The lowest BCUT2D eigenvalue weighted by atomic mass is 10.1. The predicted octanol–water partition coefficient (Wildman–Crippen LogP) is 0.461. The quantitative estimate of drug-likeness (QED) is 0.711. The van der Waals surface area contributed by atoms with Gasteiger partial charge in [-0.3, -0.25) is 9.78 Å². The van der Waals surface area contributed by atoms with Crippen LogP contribution in [0.5, 0.6) is 5.75 Å². The van der Waals surface area contributed by atoms with E-state index < -0.39 is 12.2 Å². The lowest BCUT2D eigenvalue weighted by molar-refractivity contribution is -0.109. The molecule has 0 fully saturated rings. The average molecular weight is 243 g/mol. The molecule has 2 unspecified atom stereocenters. The first-order chi connectivity index (χ1) is 7.50. The third-order valence-corrected chi connectivity index (χ3v) is 2.82. The van der Waals surface area contributed by atoms with Gasteiger partial charge >= 0.3 is 0 Å². The normalized spacial score (nSPS) is 14.4. The van der Waals surface area contributed by atoms with Crippen molar-refractivity contribution in [2.45, 2.75) is 19.1 Å². The Balaban J connectivity index is 2.62. The maximum atomic E-state index is 10.7. The fourth-order valence-electron chi connectivity index (χ4n) is 1.12. The highest BCUT2D eigenvalue weighted by atomic mass is 32.2. The van der Waals surface area contributed by atoms with Crippen molar-refractivity contribution in [3.05, 3.63) is 24.0 Å². The van der Waals surface area contributed by atoms with Crippen molar-refractivity contribution >= 4 is 16.9 Å². The van der Waals surface area contributed by atoms with Crippen LogP contribution in [0.15, 0.2) is 18.5 Å². The van der Waals surface area contributed by atoms with Gasteiger partial charge in [0.25, 0.3) is 0 Å². The van der Waals surface area contributed by atoms with E-state index in [1.807, 2.05) is 0 Å². The average Bonchev–Trinajstić information content (AvgIpc) is 2.24. The Morgan fingerprint density at radius 3 is 2.75 bits per heavy atom. The highest BCUT2D eigenvalue weighted by molar-refractivity contribution is 8.13. The van der Waals surface area contributed by atoms with Gasteiger partial charge in [0.05, 0.1) is 12.3 Å². The SMILES string of the molecule is CC(=O)SCC(O)C(O)c1cncc(O)c1. The molecule has 0 amide bonds. The molecule has 1 aromatic rings. The highest BCUT2D eigenvalue weighted by Gasteiger charge is 2.19. The van der Waals surface area contributed by atoms with E-state index in [4.69, 9.17) is 5.11 Å². The van der Waals surface area contributed by atoms with Gasteiger partial charge in [0.15, 0.2) is 5.12 Å². The Bertz CT molecular complexity index is 372. The molecule has 1 rings (SSSR count). The van der Waals surface area contributed by atoms with Gasteiger partial charge < -0.3 is 15.3 Å². The highest BCUT2D eigenvalue weighted by Crippen LogP contribution is 2.21. The van der Waals surface area contributed by atoms with E-state index in [-0.39, 0.29) is 16.6 Å². The zero-order valence-corrected chi connectivity index (χ0v) is 9.52.